The zero-order valence-electron chi connectivity index (χ0n) is 27.8. The Labute approximate surface area is 290 Å². The van der Waals surface area contributed by atoms with Crippen LogP contribution in [0.15, 0.2) is 108 Å². The maximum Gasteiger partial charge on any atom is 0.407 e. The first-order valence-corrected chi connectivity index (χ1v) is 17.6. The summed E-state index contributed by atoms with van der Waals surface area (Å²) in [7, 11) is -3.36. The van der Waals surface area contributed by atoms with Gasteiger partial charge >= 0.3 is 6.09 Å². The lowest BCUT2D eigenvalue weighted by molar-refractivity contribution is -0.384. The Hall–Kier alpha value is -5.56. The van der Waals surface area contributed by atoms with E-state index in [1.165, 1.54) is 0 Å². The number of carbonyl (C=O) groups is 3. The minimum atomic E-state index is -4.43. The molecule has 0 bridgehead atoms. The van der Waals surface area contributed by atoms with Crippen LogP contribution in [-0.2, 0) is 30.8 Å². The van der Waals surface area contributed by atoms with Crippen molar-refractivity contribution in [2.24, 2.45) is 5.92 Å². The molecule has 0 saturated carbocycles. The van der Waals surface area contributed by atoms with E-state index >= 15 is 0 Å². The van der Waals surface area contributed by atoms with Crippen LogP contribution in [0.2, 0.25) is 0 Å². The van der Waals surface area contributed by atoms with E-state index < -0.39 is 50.9 Å². The van der Waals surface area contributed by atoms with Crippen molar-refractivity contribution in [2.45, 2.75) is 49.6 Å². The molecule has 0 unspecified atom stereocenters. The second kappa shape index (κ2) is 15.3. The molecule has 0 saturated heterocycles. The number of non-ortho nitro benzene ring substituents is 1. The maximum atomic E-state index is 13.9. The number of hydrogen-bond donors (Lipinski definition) is 2. The number of alkyl carbamates (subject to hydrolysis) is 1. The molecule has 13 heteroatoms. The van der Waals surface area contributed by atoms with Crippen LogP contribution >= 0.6 is 0 Å². The summed E-state index contributed by atoms with van der Waals surface area (Å²) in [6, 6.07) is 26.5. The van der Waals surface area contributed by atoms with Gasteiger partial charge in [0.25, 0.3) is 21.6 Å². The van der Waals surface area contributed by atoms with Gasteiger partial charge in [-0.25, -0.2) is 17.5 Å². The predicted octanol–water partition coefficient (Wildman–Crippen LogP) is 5.42. The number of amides is 3. The van der Waals surface area contributed by atoms with E-state index in [4.69, 9.17) is 4.74 Å². The Kier molecular flexibility index (Phi) is 11.0. The van der Waals surface area contributed by atoms with E-state index in [1.54, 1.807) is 38.1 Å². The van der Waals surface area contributed by atoms with E-state index in [2.05, 4.69) is 10.6 Å². The quantitative estimate of drug-likeness (QED) is 0.138. The topological polar surface area (TPSA) is 165 Å². The highest BCUT2D eigenvalue weighted by Crippen LogP contribution is 2.44. The van der Waals surface area contributed by atoms with E-state index in [0.29, 0.717) is 10.7 Å². The van der Waals surface area contributed by atoms with Crippen molar-refractivity contribution in [3.05, 3.63) is 130 Å². The van der Waals surface area contributed by atoms with Crippen LogP contribution < -0.4 is 10.6 Å². The van der Waals surface area contributed by atoms with E-state index in [1.807, 2.05) is 54.6 Å². The van der Waals surface area contributed by atoms with E-state index in [0.717, 1.165) is 59.1 Å². The molecule has 0 radical (unpaired) electrons. The third-order valence-electron chi connectivity index (χ3n) is 9.03. The monoisotopic (exact) mass is 698 g/mol. The molecule has 0 spiro atoms. The summed E-state index contributed by atoms with van der Waals surface area (Å²) in [5, 5.41) is 16.4. The van der Waals surface area contributed by atoms with Gasteiger partial charge < -0.3 is 15.4 Å². The zero-order valence-corrected chi connectivity index (χ0v) is 28.6. The number of hydrogen-bond acceptors (Lipinski definition) is 8. The average Bonchev–Trinajstić information content (AvgIpc) is 3.45. The minimum Gasteiger partial charge on any atom is -0.449 e. The van der Waals surface area contributed by atoms with Crippen molar-refractivity contribution in [2.75, 3.05) is 13.7 Å². The Morgan fingerprint density at radius 3 is 1.98 bits per heavy atom. The fourth-order valence-electron chi connectivity index (χ4n) is 5.99. The summed E-state index contributed by atoms with van der Waals surface area (Å²) in [4.78, 5) is 51.0. The van der Waals surface area contributed by atoms with Crippen LogP contribution in [0.1, 0.15) is 42.9 Å². The van der Waals surface area contributed by atoms with Crippen LogP contribution in [0, 0.1) is 16.0 Å². The highest BCUT2D eigenvalue weighted by molar-refractivity contribution is 7.89. The Morgan fingerprint density at radius 1 is 0.860 bits per heavy atom. The summed E-state index contributed by atoms with van der Waals surface area (Å²) in [6.07, 6.45) is -0.354. The van der Waals surface area contributed by atoms with Gasteiger partial charge in [0.2, 0.25) is 5.91 Å². The Bertz CT molecular complexity index is 1940. The lowest BCUT2D eigenvalue weighted by Gasteiger charge is -2.29. The molecule has 260 valence electrons. The summed E-state index contributed by atoms with van der Waals surface area (Å²) >= 11 is 0. The molecule has 3 atom stereocenters. The standard InChI is InChI=1S/C37H38N4O8S/c1-4-24(2)34(36(43)40(3)50(47,48)27-20-18-26(19-21-27)41(45)46)39-35(42)33(22-25-12-6-5-7-13-25)38-37(44)49-23-32-30-16-10-8-14-28(30)29-15-9-11-17-31(29)32/h5-21,24,32-34H,4,22-23H2,1-3H3,(H,38,44)(H,39,42)/t24-,33-,34-/m0/s1. The third-order valence-corrected chi connectivity index (χ3v) is 10.8. The van der Waals surface area contributed by atoms with Gasteiger partial charge in [-0.2, -0.15) is 0 Å². The molecule has 2 N–H and O–H groups in total. The van der Waals surface area contributed by atoms with Crippen molar-refractivity contribution in [3.63, 3.8) is 0 Å². The van der Waals surface area contributed by atoms with Gasteiger partial charge in [0.15, 0.2) is 0 Å². The Balaban J connectivity index is 1.33. The number of benzene rings is 4. The molecule has 0 fully saturated rings. The fourth-order valence-corrected chi connectivity index (χ4v) is 7.14. The minimum absolute atomic E-state index is 0.0266. The number of ether oxygens (including phenoxy) is 1. The molecule has 0 heterocycles. The number of rotatable bonds is 13. The molecule has 1 aliphatic carbocycles. The first-order valence-electron chi connectivity index (χ1n) is 16.1. The van der Waals surface area contributed by atoms with Crippen molar-refractivity contribution < 1.29 is 32.5 Å². The van der Waals surface area contributed by atoms with Gasteiger partial charge in [0, 0.05) is 31.5 Å². The molecule has 0 aromatic heterocycles. The molecule has 50 heavy (non-hydrogen) atoms. The third kappa shape index (κ3) is 7.68. The average molecular weight is 699 g/mol. The molecular formula is C37H38N4O8S. The van der Waals surface area contributed by atoms with Crippen molar-refractivity contribution in [1.29, 1.82) is 0 Å². The van der Waals surface area contributed by atoms with Gasteiger partial charge in [-0.15, -0.1) is 0 Å². The van der Waals surface area contributed by atoms with Crippen LogP contribution in [0.25, 0.3) is 11.1 Å². The number of carbonyl (C=O) groups excluding carboxylic acids is 3. The normalized spacial score (nSPS) is 14.0. The largest absolute Gasteiger partial charge is 0.449 e. The van der Waals surface area contributed by atoms with Crippen molar-refractivity contribution >= 4 is 33.6 Å². The van der Waals surface area contributed by atoms with Gasteiger partial charge in [0.05, 0.1) is 9.82 Å². The van der Waals surface area contributed by atoms with E-state index in [-0.39, 0.29) is 29.5 Å². The summed E-state index contributed by atoms with van der Waals surface area (Å²) in [6.45, 7) is 3.51. The van der Waals surface area contributed by atoms with Crippen molar-refractivity contribution in [1.82, 2.24) is 14.9 Å². The number of nitro groups is 1. The summed E-state index contributed by atoms with van der Waals surface area (Å²) in [5.41, 5.74) is 4.62. The van der Waals surface area contributed by atoms with Gasteiger partial charge in [-0.3, -0.25) is 19.7 Å². The van der Waals surface area contributed by atoms with E-state index in [9.17, 15) is 32.9 Å². The zero-order chi connectivity index (χ0) is 36.0. The first-order chi connectivity index (χ1) is 23.9. The Morgan fingerprint density at radius 2 is 1.42 bits per heavy atom. The second-order valence-electron chi connectivity index (χ2n) is 12.1. The molecule has 5 rings (SSSR count). The van der Waals surface area contributed by atoms with Crippen LogP contribution in [-0.4, -0.2) is 61.3 Å². The number of nitrogens with zero attached hydrogens (tertiary/aromatic N) is 2. The lowest BCUT2D eigenvalue weighted by atomic mass is 9.97. The molecule has 1 aliphatic rings. The first kappa shape index (κ1) is 35.7. The number of sulfonamides is 1. The molecule has 12 nitrogen and oxygen atoms in total. The number of fused-ring (bicyclic) bond motifs is 3. The van der Waals surface area contributed by atoms with Crippen LogP contribution in [0.5, 0.6) is 0 Å². The van der Waals surface area contributed by atoms with Gasteiger partial charge in [-0.1, -0.05) is 99.1 Å². The van der Waals surface area contributed by atoms with Crippen LogP contribution in [0.4, 0.5) is 10.5 Å². The molecule has 4 aromatic carbocycles. The predicted molar refractivity (Wildman–Crippen MR) is 187 cm³/mol. The highest BCUT2D eigenvalue weighted by atomic mass is 32.2. The summed E-state index contributed by atoms with van der Waals surface area (Å²) in [5.74, 6) is -2.32. The van der Waals surface area contributed by atoms with Crippen LogP contribution in [0.3, 0.4) is 0 Å². The fraction of sp³-hybridized carbons (Fsp3) is 0.270. The number of likely N-dealkylation sites (N-methyl/N-ethyl adjacent to an activating group) is 1. The molecule has 0 aliphatic heterocycles. The SMILES string of the molecule is CC[C@H](C)[C@H](NC(=O)[C@H](Cc1ccccc1)NC(=O)OCC1c2ccccc2-c2ccccc21)C(=O)N(C)S(=O)(=O)c1ccc([N+](=O)[O-])cc1. The van der Waals surface area contributed by atoms with Crippen molar-refractivity contribution in [3.8, 4) is 11.1 Å². The second-order valence-corrected chi connectivity index (χ2v) is 14.1. The highest BCUT2D eigenvalue weighted by Gasteiger charge is 2.37. The summed E-state index contributed by atoms with van der Waals surface area (Å²) < 4.78 is 33.0. The smallest absolute Gasteiger partial charge is 0.407 e. The molecular weight excluding hydrogens is 660 g/mol. The lowest BCUT2D eigenvalue weighted by Crippen LogP contribution is -2.57. The molecule has 4 aromatic rings. The number of nitrogens with one attached hydrogen (secondary N) is 2. The molecule has 3 amide bonds. The maximum absolute atomic E-state index is 13.9. The van der Waals surface area contributed by atoms with Gasteiger partial charge in [0.1, 0.15) is 18.7 Å². The van der Waals surface area contributed by atoms with Gasteiger partial charge in [-0.05, 0) is 45.9 Å². The number of nitro benzene ring substituents is 1.